The van der Waals surface area contributed by atoms with Gasteiger partial charge < -0.3 is 20.2 Å². The lowest BCUT2D eigenvalue weighted by molar-refractivity contribution is -0.135. The molecule has 1 aromatic rings. The Kier molecular flexibility index (Phi) is 5.66. The van der Waals surface area contributed by atoms with Gasteiger partial charge in [-0.1, -0.05) is 18.2 Å². The molecule has 0 bridgehead atoms. The Morgan fingerprint density at radius 1 is 1.33 bits per heavy atom. The fraction of sp³-hybridized carbons (Fsp3) is 0.312. The monoisotopic (exact) mass is 348 g/mol. The van der Waals surface area contributed by atoms with E-state index < -0.39 is 0 Å². The zero-order chi connectivity index (χ0) is 17.7. The van der Waals surface area contributed by atoms with Crippen LogP contribution < -0.4 is 5.32 Å². The molecule has 2 N–H and O–H groups in total. The third kappa shape index (κ3) is 3.97. The number of rotatable bonds is 4. The number of amides is 2. The highest BCUT2D eigenvalue weighted by molar-refractivity contribution is 6.33. The Labute approximate surface area is 144 Å². The summed E-state index contributed by atoms with van der Waals surface area (Å²) in [6.45, 7) is 12.2. The van der Waals surface area contributed by atoms with Crippen molar-refractivity contribution in [2.45, 2.75) is 0 Å². The van der Waals surface area contributed by atoms with Crippen LogP contribution in [0.5, 0.6) is 5.75 Å². The fourth-order valence-corrected chi connectivity index (χ4v) is 2.57. The summed E-state index contributed by atoms with van der Waals surface area (Å²) in [4.78, 5) is 30.3. The van der Waals surface area contributed by atoms with E-state index in [0.29, 0.717) is 26.2 Å². The molecular weight excluding hydrogens is 332 g/mol. The average molecular weight is 349 g/mol. The summed E-state index contributed by atoms with van der Waals surface area (Å²) in [6.07, 6.45) is 1.26. The summed E-state index contributed by atoms with van der Waals surface area (Å²) in [5.74, 6) is -0.418. The van der Waals surface area contributed by atoms with Gasteiger partial charge in [0.05, 0.1) is 23.8 Å². The van der Waals surface area contributed by atoms with Crippen LogP contribution in [0.3, 0.4) is 0 Å². The molecule has 1 saturated heterocycles. The number of anilines is 1. The number of nitrogens with one attached hydrogen (secondary N) is 1. The number of carbonyl (C=O) groups excluding carboxylic acids is 2. The summed E-state index contributed by atoms with van der Waals surface area (Å²) in [5.41, 5.74) is 0.472. The van der Waals surface area contributed by atoms with E-state index in [1.165, 1.54) is 18.2 Å². The molecule has 2 amide bonds. The number of hydrogen-bond donors (Lipinski definition) is 2. The van der Waals surface area contributed by atoms with Gasteiger partial charge in [-0.2, -0.15) is 0 Å². The minimum atomic E-state index is -0.153. The number of phenolic OH excluding ortho intramolecular Hbond substituents is 1. The SMILES string of the molecule is [C-]#[N+]c1cc(NCC(=O)N2CCN(C(=O)C=C)CC2)c(O)cc1Cl. The Morgan fingerprint density at radius 3 is 2.54 bits per heavy atom. The summed E-state index contributed by atoms with van der Waals surface area (Å²) >= 11 is 5.82. The molecule has 0 aliphatic carbocycles. The lowest BCUT2D eigenvalue weighted by Crippen LogP contribution is -2.51. The van der Waals surface area contributed by atoms with E-state index in [0.717, 1.165) is 0 Å². The quantitative estimate of drug-likeness (QED) is 0.494. The summed E-state index contributed by atoms with van der Waals surface area (Å²) in [7, 11) is 0. The lowest BCUT2D eigenvalue weighted by atomic mass is 10.2. The van der Waals surface area contributed by atoms with Crippen molar-refractivity contribution < 1.29 is 14.7 Å². The van der Waals surface area contributed by atoms with E-state index in [1.54, 1.807) is 9.80 Å². The van der Waals surface area contributed by atoms with E-state index in [9.17, 15) is 14.7 Å². The van der Waals surface area contributed by atoms with Gasteiger partial charge in [-0.3, -0.25) is 9.59 Å². The van der Waals surface area contributed by atoms with Crippen molar-refractivity contribution in [3.05, 3.63) is 41.2 Å². The highest BCUT2D eigenvalue weighted by Crippen LogP contribution is 2.35. The van der Waals surface area contributed by atoms with Crippen LogP contribution in [0.4, 0.5) is 11.4 Å². The maximum atomic E-state index is 12.2. The summed E-state index contributed by atoms with van der Waals surface area (Å²) in [5, 5.41) is 12.8. The van der Waals surface area contributed by atoms with Crippen LogP contribution in [-0.4, -0.2) is 59.4 Å². The zero-order valence-corrected chi connectivity index (χ0v) is 13.7. The number of aromatic hydroxyl groups is 1. The normalized spacial score (nSPS) is 14.0. The van der Waals surface area contributed by atoms with Crippen LogP contribution in [0, 0.1) is 6.57 Å². The van der Waals surface area contributed by atoms with Crippen molar-refractivity contribution in [2.75, 3.05) is 38.0 Å². The van der Waals surface area contributed by atoms with E-state index in [1.807, 2.05) is 0 Å². The van der Waals surface area contributed by atoms with Gasteiger partial charge in [0.2, 0.25) is 17.5 Å². The number of halogens is 1. The second kappa shape index (κ2) is 7.70. The molecule has 0 unspecified atom stereocenters. The minimum absolute atomic E-state index is 0.0258. The number of phenols is 1. The van der Waals surface area contributed by atoms with Crippen molar-refractivity contribution in [3.63, 3.8) is 0 Å². The van der Waals surface area contributed by atoms with Gasteiger partial charge in [0.15, 0.2) is 0 Å². The number of benzene rings is 1. The van der Waals surface area contributed by atoms with Crippen LogP contribution in [0.15, 0.2) is 24.8 Å². The Morgan fingerprint density at radius 2 is 1.96 bits per heavy atom. The predicted molar refractivity (Wildman–Crippen MR) is 91.2 cm³/mol. The maximum Gasteiger partial charge on any atom is 0.246 e. The maximum absolute atomic E-state index is 12.2. The van der Waals surface area contributed by atoms with E-state index >= 15 is 0 Å². The number of carbonyl (C=O) groups is 2. The molecule has 8 heteroatoms. The number of piperazine rings is 1. The van der Waals surface area contributed by atoms with Crippen molar-refractivity contribution >= 4 is 34.8 Å². The standard InChI is InChI=1S/C16H17ClN4O3/c1-3-15(23)20-4-6-21(7-5-20)16(24)10-19-13-9-12(18-2)11(17)8-14(13)22/h3,8-9,19,22H,1,4-7,10H2. The van der Waals surface area contributed by atoms with Gasteiger partial charge in [0, 0.05) is 26.2 Å². The van der Waals surface area contributed by atoms with E-state index in [-0.39, 0.29) is 40.5 Å². The molecule has 2 rings (SSSR count). The molecular formula is C16H17ClN4O3. The van der Waals surface area contributed by atoms with E-state index in [2.05, 4.69) is 16.7 Å². The molecule has 1 fully saturated rings. The first-order valence-corrected chi connectivity index (χ1v) is 7.67. The first-order chi connectivity index (χ1) is 11.5. The summed E-state index contributed by atoms with van der Waals surface area (Å²) in [6, 6.07) is 2.67. The van der Waals surface area contributed by atoms with Gasteiger partial charge in [-0.05, 0) is 18.2 Å². The lowest BCUT2D eigenvalue weighted by Gasteiger charge is -2.34. The van der Waals surface area contributed by atoms with Crippen LogP contribution >= 0.6 is 11.6 Å². The molecule has 126 valence electrons. The zero-order valence-electron chi connectivity index (χ0n) is 13.0. The van der Waals surface area contributed by atoms with Crippen molar-refractivity contribution in [3.8, 4) is 5.75 Å². The van der Waals surface area contributed by atoms with Gasteiger partial charge in [-0.25, -0.2) is 4.85 Å². The van der Waals surface area contributed by atoms with Gasteiger partial charge in [-0.15, -0.1) is 0 Å². The summed E-state index contributed by atoms with van der Waals surface area (Å²) < 4.78 is 0. The first-order valence-electron chi connectivity index (χ1n) is 7.29. The molecule has 1 aliphatic heterocycles. The number of hydrogen-bond acceptors (Lipinski definition) is 4. The van der Waals surface area contributed by atoms with Crippen LogP contribution in [0.2, 0.25) is 5.02 Å². The van der Waals surface area contributed by atoms with Crippen LogP contribution in [-0.2, 0) is 9.59 Å². The molecule has 1 aliphatic rings. The van der Waals surface area contributed by atoms with Crippen LogP contribution in [0.25, 0.3) is 4.85 Å². The topological polar surface area (TPSA) is 77.2 Å². The smallest absolute Gasteiger partial charge is 0.246 e. The van der Waals surface area contributed by atoms with Crippen molar-refractivity contribution in [2.24, 2.45) is 0 Å². The molecule has 0 radical (unpaired) electrons. The van der Waals surface area contributed by atoms with Crippen molar-refractivity contribution in [1.82, 2.24) is 9.80 Å². The molecule has 0 spiro atoms. The Bertz CT molecular complexity index is 706. The van der Waals surface area contributed by atoms with E-state index in [4.69, 9.17) is 18.2 Å². The average Bonchev–Trinajstić information content (AvgIpc) is 2.60. The molecule has 7 nitrogen and oxygen atoms in total. The molecule has 0 aromatic heterocycles. The fourth-order valence-electron chi connectivity index (χ4n) is 2.37. The molecule has 1 heterocycles. The second-order valence-corrected chi connectivity index (χ2v) is 5.60. The second-order valence-electron chi connectivity index (χ2n) is 5.20. The third-order valence-corrected chi connectivity index (χ3v) is 4.04. The molecule has 0 saturated carbocycles. The van der Waals surface area contributed by atoms with Gasteiger partial charge >= 0.3 is 0 Å². The molecule has 0 atom stereocenters. The molecule has 1 aromatic carbocycles. The predicted octanol–water partition coefficient (Wildman–Crippen LogP) is 1.87. The minimum Gasteiger partial charge on any atom is -0.506 e. The highest BCUT2D eigenvalue weighted by atomic mass is 35.5. The molecule has 24 heavy (non-hydrogen) atoms. The van der Waals surface area contributed by atoms with Crippen molar-refractivity contribution in [1.29, 1.82) is 0 Å². The Hall–Kier alpha value is -2.72. The van der Waals surface area contributed by atoms with Gasteiger partial charge in [0.25, 0.3) is 0 Å². The Balaban J connectivity index is 1.92. The van der Waals surface area contributed by atoms with Gasteiger partial charge in [0.1, 0.15) is 5.75 Å². The van der Waals surface area contributed by atoms with Crippen LogP contribution in [0.1, 0.15) is 0 Å². The third-order valence-electron chi connectivity index (χ3n) is 3.73. The first kappa shape index (κ1) is 17.6. The number of nitrogens with zero attached hydrogens (tertiary/aromatic N) is 3. The highest BCUT2D eigenvalue weighted by Gasteiger charge is 2.22. The largest absolute Gasteiger partial charge is 0.506 e.